The molecule has 3 aromatic rings. The largest absolute Gasteiger partial charge is 0.439 e. The summed E-state index contributed by atoms with van der Waals surface area (Å²) >= 11 is 0. The first-order valence-corrected chi connectivity index (χ1v) is 10.9. The molecular weight excluding hydrogens is 386 g/mol. The zero-order valence-corrected chi connectivity index (χ0v) is 17.5. The second kappa shape index (κ2) is 8.03. The Hall–Kier alpha value is -3.40. The van der Waals surface area contributed by atoms with E-state index in [9.17, 15) is 9.59 Å². The lowest BCUT2D eigenvalue weighted by Gasteiger charge is -2.24. The van der Waals surface area contributed by atoms with Crippen LogP contribution in [0.5, 0.6) is 0 Å². The van der Waals surface area contributed by atoms with Crippen LogP contribution in [-0.2, 0) is 22.4 Å². The minimum atomic E-state index is -0.554. The van der Waals surface area contributed by atoms with E-state index in [2.05, 4.69) is 36.4 Å². The molecule has 5 rings (SSSR count). The lowest BCUT2D eigenvalue weighted by Crippen LogP contribution is -2.38. The minimum Gasteiger partial charge on any atom is -0.439 e. The molecule has 0 saturated carbocycles. The summed E-state index contributed by atoms with van der Waals surface area (Å²) in [5.41, 5.74) is 5.82. The van der Waals surface area contributed by atoms with Crippen molar-refractivity contribution in [3.63, 3.8) is 0 Å². The maximum Gasteiger partial charge on any atom is 0.417 e. The Morgan fingerprint density at radius 2 is 1.42 bits per heavy atom. The number of ether oxygens (including phenoxy) is 1. The van der Waals surface area contributed by atoms with Crippen molar-refractivity contribution < 1.29 is 14.3 Å². The monoisotopic (exact) mass is 411 g/mol. The van der Waals surface area contributed by atoms with Crippen molar-refractivity contribution in [3.8, 4) is 0 Å². The highest BCUT2D eigenvalue weighted by Gasteiger charge is 2.44. The van der Waals surface area contributed by atoms with Crippen LogP contribution in [-0.4, -0.2) is 22.9 Å². The molecule has 3 aromatic carbocycles. The summed E-state index contributed by atoms with van der Waals surface area (Å²) in [5.74, 6) is -0.259. The fourth-order valence-electron chi connectivity index (χ4n) is 5.02. The highest BCUT2D eigenvalue weighted by molar-refractivity contribution is 5.94. The van der Waals surface area contributed by atoms with E-state index in [1.165, 1.54) is 27.2 Å². The molecule has 1 heterocycles. The number of nitrogens with zero attached hydrogens (tertiary/aromatic N) is 1. The third-order valence-electron chi connectivity index (χ3n) is 6.57. The Balaban J connectivity index is 1.46. The maximum absolute atomic E-state index is 13.5. The number of rotatable bonds is 3. The van der Waals surface area contributed by atoms with Crippen molar-refractivity contribution in [3.05, 3.63) is 107 Å². The Kier molecular flexibility index (Phi) is 5.06. The van der Waals surface area contributed by atoms with Gasteiger partial charge in [0.15, 0.2) is 0 Å². The molecule has 2 amide bonds. The molecule has 0 unspecified atom stereocenters. The van der Waals surface area contributed by atoms with Crippen LogP contribution in [0.2, 0.25) is 0 Å². The van der Waals surface area contributed by atoms with Gasteiger partial charge in [0.25, 0.3) is 0 Å². The van der Waals surface area contributed by atoms with Gasteiger partial charge in [-0.15, -0.1) is 0 Å². The van der Waals surface area contributed by atoms with Crippen molar-refractivity contribution in [2.45, 2.75) is 44.2 Å². The lowest BCUT2D eigenvalue weighted by atomic mass is 9.85. The molecule has 4 nitrogen and oxygen atoms in total. The minimum absolute atomic E-state index is 0.0711. The van der Waals surface area contributed by atoms with Crippen LogP contribution < -0.4 is 0 Å². The molecule has 31 heavy (non-hydrogen) atoms. The standard InChI is InChI=1S/C27H25NO3/c1-18-26(21-11-3-2-4-12-21)31-27(30)28(18)25(29)17-24-22-13-7-5-9-19(22)15-16-20-10-6-8-14-23(20)24/h2-14,18,24,26H,15-17H2,1H3/t18-,26-/m0/s1. The molecule has 0 radical (unpaired) electrons. The summed E-state index contributed by atoms with van der Waals surface area (Å²) in [4.78, 5) is 27.5. The van der Waals surface area contributed by atoms with E-state index in [0.717, 1.165) is 18.4 Å². The number of benzene rings is 3. The highest BCUT2D eigenvalue weighted by atomic mass is 16.6. The van der Waals surface area contributed by atoms with Gasteiger partial charge in [-0.2, -0.15) is 0 Å². The first kappa shape index (κ1) is 19.6. The third kappa shape index (κ3) is 3.52. The third-order valence-corrected chi connectivity index (χ3v) is 6.57. The molecule has 0 spiro atoms. The van der Waals surface area contributed by atoms with Crippen molar-refractivity contribution >= 4 is 12.0 Å². The normalized spacial score (nSPS) is 20.5. The van der Waals surface area contributed by atoms with E-state index in [0.29, 0.717) is 0 Å². The topological polar surface area (TPSA) is 46.6 Å². The molecule has 2 aliphatic rings. The van der Waals surface area contributed by atoms with Crippen LogP contribution in [0.25, 0.3) is 0 Å². The Morgan fingerprint density at radius 3 is 2.03 bits per heavy atom. The maximum atomic E-state index is 13.5. The summed E-state index contributed by atoms with van der Waals surface area (Å²) in [6, 6.07) is 26.0. The van der Waals surface area contributed by atoms with Crippen LogP contribution in [0.3, 0.4) is 0 Å². The molecule has 0 aromatic heterocycles. The van der Waals surface area contributed by atoms with Crippen LogP contribution >= 0.6 is 0 Å². The first-order chi connectivity index (χ1) is 15.1. The number of carbonyl (C=O) groups excluding carboxylic acids is 2. The van der Waals surface area contributed by atoms with Crippen molar-refractivity contribution in [1.29, 1.82) is 0 Å². The average Bonchev–Trinajstić information content (AvgIpc) is 3.01. The second-order valence-electron chi connectivity index (χ2n) is 8.37. The predicted octanol–water partition coefficient (Wildman–Crippen LogP) is 5.42. The Bertz CT molecular complexity index is 1080. The Labute approximate surface area is 182 Å². The zero-order valence-electron chi connectivity index (χ0n) is 17.5. The number of carbonyl (C=O) groups is 2. The number of hydrogen-bond donors (Lipinski definition) is 0. The van der Waals surface area contributed by atoms with Gasteiger partial charge in [-0.25, -0.2) is 9.69 Å². The van der Waals surface area contributed by atoms with Gasteiger partial charge in [-0.3, -0.25) is 4.79 Å². The summed E-state index contributed by atoms with van der Waals surface area (Å²) in [7, 11) is 0. The molecular formula is C27H25NO3. The second-order valence-corrected chi connectivity index (χ2v) is 8.37. The number of imide groups is 1. The van der Waals surface area contributed by atoms with E-state index >= 15 is 0 Å². The summed E-state index contributed by atoms with van der Waals surface area (Å²) < 4.78 is 5.61. The molecule has 156 valence electrons. The number of aryl methyl sites for hydroxylation is 2. The fourth-order valence-corrected chi connectivity index (χ4v) is 5.02. The lowest BCUT2D eigenvalue weighted by molar-refractivity contribution is -0.129. The predicted molar refractivity (Wildman–Crippen MR) is 119 cm³/mol. The number of fused-ring (bicyclic) bond motifs is 2. The molecule has 0 bridgehead atoms. The summed E-state index contributed by atoms with van der Waals surface area (Å²) in [5, 5.41) is 0. The van der Waals surface area contributed by atoms with E-state index in [-0.39, 0.29) is 24.3 Å². The van der Waals surface area contributed by atoms with Gasteiger partial charge in [-0.05, 0) is 47.6 Å². The quantitative estimate of drug-likeness (QED) is 0.578. The fraction of sp³-hybridized carbons (Fsp3) is 0.259. The van der Waals surface area contributed by atoms with Gasteiger partial charge in [0, 0.05) is 12.3 Å². The van der Waals surface area contributed by atoms with Crippen LogP contribution in [0.4, 0.5) is 4.79 Å². The van der Waals surface area contributed by atoms with Gasteiger partial charge < -0.3 is 4.74 Å². The average molecular weight is 412 g/mol. The zero-order chi connectivity index (χ0) is 21.4. The molecule has 1 fully saturated rings. The molecule has 2 atom stereocenters. The van der Waals surface area contributed by atoms with E-state index in [4.69, 9.17) is 4.74 Å². The van der Waals surface area contributed by atoms with Gasteiger partial charge in [-0.1, -0.05) is 78.9 Å². The highest BCUT2D eigenvalue weighted by Crippen LogP contribution is 2.39. The van der Waals surface area contributed by atoms with E-state index in [1.807, 2.05) is 49.4 Å². The van der Waals surface area contributed by atoms with Gasteiger partial charge in [0.05, 0.1) is 6.04 Å². The molecule has 4 heteroatoms. The summed E-state index contributed by atoms with van der Waals surface area (Å²) in [6.45, 7) is 1.88. The molecule has 1 saturated heterocycles. The summed E-state index contributed by atoms with van der Waals surface area (Å²) in [6.07, 6.45) is 1.16. The smallest absolute Gasteiger partial charge is 0.417 e. The number of hydrogen-bond acceptors (Lipinski definition) is 3. The molecule has 1 aliphatic heterocycles. The van der Waals surface area contributed by atoms with Crippen LogP contribution in [0.1, 0.15) is 53.2 Å². The van der Waals surface area contributed by atoms with Crippen LogP contribution in [0.15, 0.2) is 78.9 Å². The van der Waals surface area contributed by atoms with E-state index in [1.54, 1.807) is 0 Å². The first-order valence-electron chi connectivity index (χ1n) is 10.9. The van der Waals surface area contributed by atoms with E-state index < -0.39 is 12.2 Å². The van der Waals surface area contributed by atoms with Crippen LogP contribution in [0, 0.1) is 0 Å². The van der Waals surface area contributed by atoms with Gasteiger partial charge in [0.1, 0.15) is 6.10 Å². The number of amides is 2. The van der Waals surface area contributed by atoms with Gasteiger partial charge in [0.2, 0.25) is 5.91 Å². The molecule has 1 aliphatic carbocycles. The molecule has 0 N–H and O–H groups in total. The van der Waals surface area contributed by atoms with Crippen molar-refractivity contribution in [2.75, 3.05) is 0 Å². The Morgan fingerprint density at radius 1 is 0.871 bits per heavy atom. The SMILES string of the molecule is C[C@H]1[C@@H](c2ccccc2)OC(=O)N1C(=O)CC1c2ccccc2CCc2ccccc21. The number of cyclic esters (lactones) is 1. The van der Waals surface area contributed by atoms with Crippen molar-refractivity contribution in [2.24, 2.45) is 0 Å². The van der Waals surface area contributed by atoms with Crippen molar-refractivity contribution in [1.82, 2.24) is 4.90 Å². The van der Waals surface area contributed by atoms with Gasteiger partial charge >= 0.3 is 6.09 Å².